The topological polar surface area (TPSA) is 59.6 Å². The first kappa shape index (κ1) is 19.2. The molecule has 4 rings (SSSR count). The molecule has 0 fully saturated rings. The molecule has 148 valence electrons. The molecule has 3 aromatic rings. The first-order valence-electron chi connectivity index (χ1n) is 9.38. The average Bonchev–Trinajstić information content (AvgIpc) is 3.20. The Balaban J connectivity index is 1.25. The van der Waals surface area contributed by atoms with Crippen LogP contribution in [0.5, 0.6) is 11.5 Å². The molecule has 5 nitrogen and oxygen atoms in total. The zero-order valence-corrected chi connectivity index (χ0v) is 16.5. The second-order valence-electron chi connectivity index (χ2n) is 6.82. The summed E-state index contributed by atoms with van der Waals surface area (Å²) in [5.74, 6) is 1.43. The van der Waals surface area contributed by atoms with Gasteiger partial charge in [-0.25, -0.2) is 0 Å². The highest BCUT2D eigenvalue weighted by Crippen LogP contribution is 2.32. The number of anilines is 1. The van der Waals surface area contributed by atoms with E-state index in [1.54, 1.807) is 0 Å². The maximum absolute atomic E-state index is 12.3. The molecule has 1 heterocycles. The summed E-state index contributed by atoms with van der Waals surface area (Å²) in [5.41, 5.74) is 4.05. The van der Waals surface area contributed by atoms with Gasteiger partial charge in [-0.15, -0.1) is 0 Å². The van der Waals surface area contributed by atoms with E-state index in [9.17, 15) is 4.79 Å². The van der Waals surface area contributed by atoms with Gasteiger partial charge >= 0.3 is 0 Å². The Morgan fingerprint density at radius 1 is 0.862 bits per heavy atom. The number of fused-ring (bicyclic) bond motifs is 1. The lowest BCUT2D eigenvalue weighted by Gasteiger charge is -2.09. The Kier molecular flexibility index (Phi) is 5.86. The van der Waals surface area contributed by atoms with E-state index in [0.29, 0.717) is 19.5 Å². The first-order chi connectivity index (χ1) is 14.2. The van der Waals surface area contributed by atoms with Gasteiger partial charge in [0.2, 0.25) is 12.7 Å². The van der Waals surface area contributed by atoms with E-state index in [2.05, 4.69) is 10.6 Å². The summed E-state index contributed by atoms with van der Waals surface area (Å²) in [6.45, 7) is 1.39. The number of nitrogens with one attached hydrogen (secondary N) is 2. The molecule has 1 amide bonds. The van der Waals surface area contributed by atoms with Crippen molar-refractivity contribution >= 4 is 23.2 Å². The Morgan fingerprint density at radius 2 is 1.62 bits per heavy atom. The number of hydrogen-bond acceptors (Lipinski definition) is 4. The highest BCUT2D eigenvalue weighted by atomic mass is 35.5. The SMILES string of the molecule is O=C(Cc1ccc(NCc2cccc(Cl)c2)cc1)NCc1ccc2c(c1)OCO2. The van der Waals surface area contributed by atoms with E-state index in [4.69, 9.17) is 21.1 Å². The molecule has 0 spiro atoms. The molecule has 0 bridgehead atoms. The van der Waals surface area contributed by atoms with Crippen molar-refractivity contribution in [2.45, 2.75) is 19.5 Å². The van der Waals surface area contributed by atoms with Crippen molar-refractivity contribution in [2.24, 2.45) is 0 Å². The standard InChI is InChI=1S/C23H21ClN2O3/c24-19-3-1-2-17(10-19)13-25-20-7-4-16(5-8-20)12-23(27)26-14-18-6-9-21-22(11-18)29-15-28-21/h1-11,25H,12-15H2,(H,26,27). The normalized spacial score (nSPS) is 11.9. The van der Waals surface area contributed by atoms with Crippen molar-refractivity contribution in [2.75, 3.05) is 12.1 Å². The van der Waals surface area contributed by atoms with Crippen molar-refractivity contribution in [3.63, 3.8) is 0 Å². The first-order valence-corrected chi connectivity index (χ1v) is 9.76. The van der Waals surface area contributed by atoms with Crippen LogP contribution in [0.2, 0.25) is 5.02 Å². The third kappa shape index (κ3) is 5.21. The molecule has 3 aromatic carbocycles. The molecule has 0 atom stereocenters. The lowest BCUT2D eigenvalue weighted by Crippen LogP contribution is -2.24. The van der Waals surface area contributed by atoms with Gasteiger partial charge in [-0.05, 0) is 53.1 Å². The van der Waals surface area contributed by atoms with Crippen LogP contribution >= 0.6 is 11.6 Å². The van der Waals surface area contributed by atoms with Crippen LogP contribution < -0.4 is 20.1 Å². The Bertz CT molecular complexity index is 1010. The summed E-state index contributed by atoms with van der Waals surface area (Å²) in [5, 5.41) is 7.02. The average molecular weight is 409 g/mol. The van der Waals surface area contributed by atoms with Gasteiger partial charge in [0.25, 0.3) is 0 Å². The zero-order chi connectivity index (χ0) is 20.1. The molecule has 29 heavy (non-hydrogen) atoms. The maximum Gasteiger partial charge on any atom is 0.231 e. The fourth-order valence-corrected chi connectivity index (χ4v) is 3.30. The lowest BCUT2D eigenvalue weighted by atomic mass is 10.1. The Hall–Kier alpha value is -3.18. The minimum absolute atomic E-state index is 0.0256. The molecule has 0 saturated heterocycles. The van der Waals surface area contributed by atoms with Gasteiger partial charge in [0.05, 0.1) is 6.42 Å². The molecule has 1 aliphatic rings. The van der Waals surface area contributed by atoms with Crippen LogP contribution in [0, 0.1) is 0 Å². The number of carbonyl (C=O) groups excluding carboxylic acids is 1. The van der Waals surface area contributed by atoms with Crippen LogP contribution in [-0.4, -0.2) is 12.7 Å². The number of rotatable bonds is 7. The molecular weight excluding hydrogens is 388 g/mol. The number of hydrogen-bond donors (Lipinski definition) is 2. The van der Waals surface area contributed by atoms with Gasteiger partial charge in [0, 0.05) is 23.8 Å². The van der Waals surface area contributed by atoms with Gasteiger partial charge in [-0.3, -0.25) is 4.79 Å². The molecule has 2 N–H and O–H groups in total. The van der Waals surface area contributed by atoms with Crippen LogP contribution in [0.1, 0.15) is 16.7 Å². The predicted octanol–water partition coefficient (Wildman–Crippen LogP) is 4.54. The third-order valence-corrected chi connectivity index (χ3v) is 4.87. The van der Waals surface area contributed by atoms with E-state index >= 15 is 0 Å². The molecule has 0 radical (unpaired) electrons. The number of carbonyl (C=O) groups is 1. The summed E-state index contributed by atoms with van der Waals surface area (Å²) in [6, 6.07) is 21.3. The molecule has 1 aliphatic heterocycles. The molecule has 0 aromatic heterocycles. The fraction of sp³-hybridized carbons (Fsp3) is 0.174. The van der Waals surface area contributed by atoms with Gasteiger partial charge in [0.15, 0.2) is 11.5 Å². The van der Waals surface area contributed by atoms with Crippen LogP contribution in [0.4, 0.5) is 5.69 Å². The summed E-state index contributed by atoms with van der Waals surface area (Å²) < 4.78 is 10.7. The van der Waals surface area contributed by atoms with E-state index in [1.165, 1.54) is 0 Å². The van der Waals surface area contributed by atoms with E-state index in [-0.39, 0.29) is 12.7 Å². The van der Waals surface area contributed by atoms with Gasteiger partial charge in [-0.2, -0.15) is 0 Å². The fourth-order valence-electron chi connectivity index (χ4n) is 3.09. The van der Waals surface area contributed by atoms with Gasteiger partial charge in [-0.1, -0.05) is 41.9 Å². The molecule has 0 unspecified atom stereocenters. The summed E-state index contributed by atoms with van der Waals surface area (Å²) in [7, 11) is 0. The second kappa shape index (κ2) is 8.88. The summed E-state index contributed by atoms with van der Waals surface area (Å²) >= 11 is 6.01. The highest BCUT2D eigenvalue weighted by Gasteiger charge is 2.13. The van der Waals surface area contributed by atoms with Crippen molar-refractivity contribution in [1.29, 1.82) is 0 Å². The van der Waals surface area contributed by atoms with Gasteiger partial charge < -0.3 is 20.1 Å². The van der Waals surface area contributed by atoms with Crippen LogP contribution in [0.25, 0.3) is 0 Å². The van der Waals surface area contributed by atoms with Crippen molar-refractivity contribution in [3.8, 4) is 11.5 Å². The number of halogens is 1. The third-order valence-electron chi connectivity index (χ3n) is 4.63. The Labute approximate surface area is 174 Å². The lowest BCUT2D eigenvalue weighted by molar-refractivity contribution is -0.120. The number of amides is 1. The number of ether oxygens (including phenoxy) is 2. The number of benzene rings is 3. The predicted molar refractivity (Wildman–Crippen MR) is 113 cm³/mol. The van der Waals surface area contributed by atoms with Crippen LogP contribution in [0.15, 0.2) is 66.7 Å². The molecule has 0 saturated carbocycles. The van der Waals surface area contributed by atoms with Crippen molar-refractivity contribution < 1.29 is 14.3 Å². The van der Waals surface area contributed by atoms with Gasteiger partial charge in [0.1, 0.15) is 0 Å². The largest absolute Gasteiger partial charge is 0.454 e. The smallest absolute Gasteiger partial charge is 0.231 e. The monoisotopic (exact) mass is 408 g/mol. The molecular formula is C23H21ClN2O3. The van der Waals surface area contributed by atoms with Crippen molar-refractivity contribution in [1.82, 2.24) is 5.32 Å². The van der Waals surface area contributed by atoms with Crippen LogP contribution in [-0.2, 0) is 24.3 Å². The summed E-state index contributed by atoms with van der Waals surface area (Å²) in [6.07, 6.45) is 0.332. The molecule has 6 heteroatoms. The minimum atomic E-state index is -0.0256. The second-order valence-corrected chi connectivity index (χ2v) is 7.26. The quantitative estimate of drug-likeness (QED) is 0.602. The summed E-state index contributed by atoms with van der Waals surface area (Å²) in [4.78, 5) is 12.3. The van der Waals surface area contributed by atoms with Crippen molar-refractivity contribution in [3.05, 3.63) is 88.4 Å². The zero-order valence-electron chi connectivity index (χ0n) is 15.8. The van der Waals surface area contributed by atoms with E-state index in [1.807, 2.05) is 66.7 Å². The Morgan fingerprint density at radius 3 is 2.45 bits per heavy atom. The van der Waals surface area contributed by atoms with Crippen LogP contribution in [0.3, 0.4) is 0 Å². The minimum Gasteiger partial charge on any atom is -0.454 e. The molecule has 0 aliphatic carbocycles. The van der Waals surface area contributed by atoms with E-state index in [0.717, 1.165) is 38.9 Å². The highest BCUT2D eigenvalue weighted by molar-refractivity contribution is 6.30. The van der Waals surface area contributed by atoms with E-state index < -0.39 is 0 Å². The maximum atomic E-state index is 12.3.